The Labute approximate surface area is 90.5 Å². The Morgan fingerprint density at radius 1 is 1.14 bits per heavy atom. The molecule has 0 heterocycles. The van der Waals surface area contributed by atoms with E-state index in [-0.39, 0.29) is 0 Å². The van der Waals surface area contributed by atoms with Crippen LogP contribution in [0.15, 0.2) is 0 Å². The van der Waals surface area contributed by atoms with Gasteiger partial charge in [0.25, 0.3) is 0 Å². The van der Waals surface area contributed by atoms with Crippen LogP contribution in [-0.2, 0) is 0 Å². The molecule has 0 aliphatic heterocycles. The van der Waals surface area contributed by atoms with Gasteiger partial charge >= 0.3 is 0 Å². The zero-order valence-corrected chi connectivity index (χ0v) is 10.7. The van der Waals surface area contributed by atoms with Gasteiger partial charge < -0.3 is 0 Å². The molecule has 1 aliphatic rings. The number of hydrogen-bond donors (Lipinski definition) is 0. The van der Waals surface area contributed by atoms with E-state index < -0.39 is 0 Å². The standard InChI is InChI=1S/C14H28/c1-6-8-13-9-14(13)12(5)11(4)10(3)7-2/h10-14H,6-9H2,1-5H3. The topological polar surface area (TPSA) is 0 Å². The molecule has 0 heteroatoms. The van der Waals surface area contributed by atoms with Gasteiger partial charge in [-0.1, -0.05) is 53.9 Å². The first-order valence-corrected chi connectivity index (χ1v) is 6.61. The van der Waals surface area contributed by atoms with E-state index in [1.807, 2.05) is 0 Å². The molecule has 0 bridgehead atoms. The van der Waals surface area contributed by atoms with Crippen LogP contribution in [0.4, 0.5) is 0 Å². The Morgan fingerprint density at radius 3 is 2.29 bits per heavy atom. The van der Waals surface area contributed by atoms with Gasteiger partial charge in [-0.05, 0) is 36.0 Å². The highest BCUT2D eigenvalue weighted by molar-refractivity contribution is 4.91. The Kier molecular flexibility index (Phi) is 4.47. The molecular weight excluding hydrogens is 168 g/mol. The highest BCUT2D eigenvalue weighted by atomic mass is 14.5. The molecule has 0 amide bonds. The fourth-order valence-electron chi connectivity index (χ4n) is 2.90. The molecule has 0 nitrogen and oxygen atoms in total. The highest BCUT2D eigenvalue weighted by Crippen LogP contribution is 2.50. The molecule has 84 valence electrons. The second-order valence-corrected chi connectivity index (χ2v) is 5.55. The van der Waals surface area contributed by atoms with Crippen molar-refractivity contribution < 1.29 is 0 Å². The van der Waals surface area contributed by atoms with E-state index >= 15 is 0 Å². The van der Waals surface area contributed by atoms with Crippen LogP contribution < -0.4 is 0 Å². The lowest BCUT2D eigenvalue weighted by molar-refractivity contribution is 0.239. The van der Waals surface area contributed by atoms with Crippen LogP contribution >= 0.6 is 0 Å². The molecule has 1 rings (SSSR count). The monoisotopic (exact) mass is 196 g/mol. The van der Waals surface area contributed by atoms with Gasteiger partial charge in [-0.3, -0.25) is 0 Å². The molecule has 0 aromatic rings. The van der Waals surface area contributed by atoms with Gasteiger partial charge in [-0.15, -0.1) is 0 Å². The predicted molar refractivity (Wildman–Crippen MR) is 64.3 cm³/mol. The summed E-state index contributed by atoms with van der Waals surface area (Å²) in [7, 11) is 0. The smallest absolute Gasteiger partial charge is 0.0355 e. The van der Waals surface area contributed by atoms with Crippen LogP contribution in [0.5, 0.6) is 0 Å². The molecule has 0 radical (unpaired) electrons. The molecule has 1 aliphatic carbocycles. The lowest BCUT2D eigenvalue weighted by Gasteiger charge is -2.25. The summed E-state index contributed by atoms with van der Waals surface area (Å²) in [4.78, 5) is 0. The fraction of sp³-hybridized carbons (Fsp3) is 1.00. The maximum absolute atomic E-state index is 2.48. The van der Waals surface area contributed by atoms with Crippen molar-refractivity contribution in [1.82, 2.24) is 0 Å². The van der Waals surface area contributed by atoms with Gasteiger partial charge in [0, 0.05) is 0 Å². The second kappa shape index (κ2) is 5.19. The minimum absolute atomic E-state index is 0.910. The summed E-state index contributed by atoms with van der Waals surface area (Å²) in [5.41, 5.74) is 0. The van der Waals surface area contributed by atoms with Crippen LogP contribution in [-0.4, -0.2) is 0 Å². The largest absolute Gasteiger partial charge is 0.0654 e. The van der Waals surface area contributed by atoms with Gasteiger partial charge in [0.1, 0.15) is 0 Å². The Morgan fingerprint density at radius 2 is 1.79 bits per heavy atom. The molecule has 0 aromatic carbocycles. The summed E-state index contributed by atoms with van der Waals surface area (Å²) in [6.45, 7) is 12.0. The summed E-state index contributed by atoms with van der Waals surface area (Å²) in [6, 6.07) is 0. The van der Waals surface area contributed by atoms with Crippen molar-refractivity contribution in [2.45, 2.75) is 60.3 Å². The normalized spacial score (nSPS) is 32.4. The average Bonchev–Trinajstić information content (AvgIpc) is 2.94. The van der Waals surface area contributed by atoms with E-state index in [4.69, 9.17) is 0 Å². The zero-order chi connectivity index (χ0) is 10.7. The maximum Gasteiger partial charge on any atom is -0.0355 e. The van der Waals surface area contributed by atoms with Gasteiger partial charge in [-0.2, -0.15) is 0 Å². The third kappa shape index (κ3) is 2.74. The zero-order valence-electron chi connectivity index (χ0n) is 10.7. The Hall–Kier alpha value is 0. The summed E-state index contributed by atoms with van der Waals surface area (Å²) < 4.78 is 0. The first-order valence-electron chi connectivity index (χ1n) is 6.61. The molecule has 1 fully saturated rings. The van der Waals surface area contributed by atoms with Gasteiger partial charge in [0.2, 0.25) is 0 Å². The van der Waals surface area contributed by atoms with E-state index in [0.29, 0.717) is 0 Å². The SMILES string of the molecule is CCCC1CC1C(C)C(C)C(C)CC. The van der Waals surface area contributed by atoms with Crippen molar-refractivity contribution in [3.8, 4) is 0 Å². The molecular formula is C14H28. The fourth-order valence-corrected chi connectivity index (χ4v) is 2.90. The summed E-state index contributed by atoms with van der Waals surface area (Å²) in [5.74, 6) is 4.95. The number of rotatable bonds is 6. The van der Waals surface area contributed by atoms with Crippen molar-refractivity contribution in [3.63, 3.8) is 0 Å². The van der Waals surface area contributed by atoms with Crippen molar-refractivity contribution in [2.24, 2.45) is 29.6 Å². The van der Waals surface area contributed by atoms with Gasteiger partial charge in [0.15, 0.2) is 0 Å². The van der Waals surface area contributed by atoms with Crippen LogP contribution in [0.3, 0.4) is 0 Å². The molecule has 5 atom stereocenters. The van der Waals surface area contributed by atoms with Crippen LogP contribution in [0, 0.1) is 29.6 Å². The summed E-state index contributed by atoms with van der Waals surface area (Å²) in [5, 5.41) is 0. The minimum Gasteiger partial charge on any atom is -0.0654 e. The van der Waals surface area contributed by atoms with Crippen molar-refractivity contribution in [2.75, 3.05) is 0 Å². The van der Waals surface area contributed by atoms with Crippen LogP contribution in [0.2, 0.25) is 0 Å². The first kappa shape index (κ1) is 12.1. The lowest BCUT2D eigenvalue weighted by atomic mass is 9.80. The first-order chi connectivity index (χ1) is 6.61. The molecule has 5 unspecified atom stereocenters. The summed E-state index contributed by atoms with van der Waals surface area (Å²) in [6.07, 6.45) is 5.72. The molecule has 1 saturated carbocycles. The molecule has 14 heavy (non-hydrogen) atoms. The molecule has 0 spiro atoms. The second-order valence-electron chi connectivity index (χ2n) is 5.55. The van der Waals surface area contributed by atoms with Gasteiger partial charge in [0.05, 0.1) is 0 Å². The van der Waals surface area contributed by atoms with E-state index in [2.05, 4.69) is 34.6 Å². The van der Waals surface area contributed by atoms with E-state index in [0.717, 1.165) is 29.6 Å². The van der Waals surface area contributed by atoms with E-state index in [9.17, 15) is 0 Å². The quantitative estimate of drug-likeness (QED) is 0.575. The number of hydrogen-bond acceptors (Lipinski definition) is 0. The van der Waals surface area contributed by atoms with Gasteiger partial charge in [-0.25, -0.2) is 0 Å². The summed E-state index contributed by atoms with van der Waals surface area (Å²) >= 11 is 0. The molecule has 0 aromatic heterocycles. The molecule has 0 saturated heterocycles. The molecule has 0 N–H and O–H groups in total. The average molecular weight is 196 g/mol. The van der Waals surface area contributed by atoms with E-state index in [1.165, 1.54) is 25.7 Å². The Balaban J connectivity index is 2.32. The van der Waals surface area contributed by atoms with Crippen LogP contribution in [0.1, 0.15) is 60.3 Å². The highest BCUT2D eigenvalue weighted by Gasteiger charge is 2.42. The van der Waals surface area contributed by atoms with Crippen molar-refractivity contribution in [1.29, 1.82) is 0 Å². The van der Waals surface area contributed by atoms with Crippen molar-refractivity contribution >= 4 is 0 Å². The van der Waals surface area contributed by atoms with E-state index in [1.54, 1.807) is 0 Å². The minimum atomic E-state index is 0.910. The van der Waals surface area contributed by atoms with Crippen LogP contribution in [0.25, 0.3) is 0 Å². The maximum atomic E-state index is 2.48. The Bertz CT molecular complexity index is 161. The third-order valence-corrected chi connectivity index (χ3v) is 4.68. The third-order valence-electron chi connectivity index (χ3n) is 4.68. The predicted octanol–water partition coefficient (Wildman–Crippen LogP) is 4.74. The van der Waals surface area contributed by atoms with Crippen molar-refractivity contribution in [3.05, 3.63) is 0 Å². The lowest BCUT2D eigenvalue weighted by Crippen LogP contribution is -2.18.